The van der Waals surface area contributed by atoms with Gasteiger partial charge in [-0.3, -0.25) is 0 Å². The third-order valence-electron chi connectivity index (χ3n) is 3.44. The molecular formula is C17H20N2O2. The highest BCUT2D eigenvalue weighted by Gasteiger charge is 2.07. The predicted octanol–water partition coefficient (Wildman–Crippen LogP) is 3.02. The van der Waals surface area contributed by atoms with Crippen molar-refractivity contribution in [3.63, 3.8) is 0 Å². The number of esters is 1. The first-order valence-corrected chi connectivity index (χ1v) is 6.88. The first-order chi connectivity index (χ1) is 10.1. The molecule has 2 rings (SSSR count). The minimum atomic E-state index is -0.381. The molecule has 0 amide bonds. The normalized spacial score (nSPS) is 10.2. The van der Waals surface area contributed by atoms with Crippen molar-refractivity contribution in [2.45, 2.75) is 13.3 Å². The van der Waals surface area contributed by atoms with E-state index >= 15 is 0 Å². The van der Waals surface area contributed by atoms with E-state index in [-0.39, 0.29) is 5.97 Å². The van der Waals surface area contributed by atoms with Gasteiger partial charge in [-0.2, -0.15) is 0 Å². The summed E-state index contributed by atoms with van der Waals surface area (Å²) in [6.07, 6.45) is 0.921. The van der Waals surface area contributed by atoms with Gasteiger partial charge in [0.15, 0.2) is 0 Å². The number of methoxy groups -OCH3 is 1. The molecule has 0 saturated heterocycles. The van der Waals surface area contributed by atoms with Crippen LogP contribution in [0.25, 0.3) is 0 Å². The lowest BCUT2D eigenvalue weighted by Gasteiger charge is -2.11. The second kappa shape index (κ2) is 6.79. The maximum Gasteiger partial charge on any atom is 0.337 e. The molecule has 2 aromatic carbocycles. The predicted molar refractivity (Wildman–Crippen MR) is 85.6 cm³/mol. The van der Waals surface area contributed by atoms with Gasteiger partial charge in [-0.15, -0.1) is 0 Å². The Kier molecular flexibility index (Phi) is 4.82. The second-order valence-electron chi connectivity index (χ2n) is 4.90. The molecule has 0 aliphatic carbocycles. The topological polar surface area (TPSA) is 64.3 Å². The Hall–Kier alpha value is -2.49. The molecule has 0 bridgehead atoms. The summed E-state index contributed by atoms with van der Waals surface area (Å²) in [5.74, 6) is -0.381. The zero-order valence-electron chi connectivity index (χ0n) is 12.3. The lowest BCUT2D eigenvalue weighted by Crippen LogP contribution is -2.09. The van der Waals surface area contributed by atoms with Crippen LogP contribution in [0.15, 0.2) is 42.5 Å². The zero-order chi connectivity index (χ0) is 15.2. The summed E-state index contributed by atoms with van der Waals surface area (Å²) in [4.78, 5) is 11.4. The number of ether oxygens (including phenoxy) is 1. The summed E-state index contributed by atoms with van der Waals surface area (Å²) in [5.41, 5.74) is 10.4. The number of nitrogens with two attached hydrogens (primary N) is 1. The average Bonchev–Trinajstić information content (AvgIpc) is 2.50. The Morgan fingerprint density at radius 2 is 2.00 bits per heavy atom. The van der Waals surface area contributed by atoms with Crippen LogP contribution in [0.1, 0.15) is 21.5 Å². The number of benzene rings is 2. The van der Waals surface area contributed by atoms with Crippen LogP contribution < -0.4 is 11.1 Å². The molecule has 0 aliphatic heterocycles. The monoisotopic (exact) mass is 284 g/mol. The molecule has 0 heterocycles. The van der Waals surface area contributed by atoms with Crippen molar-refractivity contribution in [1.82, 2.24) is 0 Å². The Labute approximate surface area is 124 Å². The molecule has 4 nitrogen and oxygen atoms in total. The van der Waals surface area contributed by atoms with Crippen molar-refractivity contribution in [1.29, 1.82) is 0 Å². The zero-order valence-corrected chi connectivity index (χ0v) is 12.3. The molecule has 0 aromatic heterocycles. The number of carbonyl (C=O) groups is 1. The van der Waals surface area contributed by atoms with Gasteiger partial charge < -0.3 is 15.8 Å². The smallest absolute Gasteiger partial charge is 0.337 e. The van der Waals surface area contributed by atoms with E-state index in [1.54, 1.807) is 18.2 Å². The van der Waals surface area contributed by atoms with E-state index in [4.69, 9.17) is 5.73 Å². The summed E-state index contributed by atoms with van der Waals surface area (Å²) in [6.45, 7) is 2.89. The van der Waals surface area contributed by atoms with E-state index in [1.807, 2.05) is 12.1 Å². The minimum absolute atomic E-state index is 0.381. The first-order valence-electron chi connectivity index (χ1n) is 6.88. The second-order valence-corrected chi connectivity index (χ2v) is 4.90. The van der Waals surface area contributed by atoms with Crippen LogP contribution in [0.3, 0.4) is 0 Å². The summed E-state index contributed by atoms with van der Waals surface area (Å²) in [5, 5.41) is 3.30. The van der Waals surface area contributed by atoms with Gasteiger partial charge in [0, 0.05) is 6.54 Å². The molecule has 0 spiro atoms. The quantitative estimate of drug-likeness (QED) is 0.654. The maximum absolute atomic E-state index is 11.4. The van der Waals surface area contributed by atoms with Crippen LogP contribution in [0.4, 0.5) is 11.4 Å². The van der Waals surface area contributed by atoms with E-state index in [2.05, 4.69) is 29.1 Å². The van der Waals surface area contributed by atoms with Crippen LogP contribution in [-0.2, 0) is 11.2 Å². The van der Waals surface area contributed by atoms with Gasteiger partial charge in [0.1, 0.15) is 0 Å². The fraction of sp³-hybridized carbons (Fsp3) is 0.235. The molecule has 0 saturated carbocycles. The van der Waals surface area contributed by atoms with Crippen LogP contribution >= 0.6 is 0 Å². The number of hydrogen-bond donors (Lipinski definition) is 2. The summed E-state index contributed by atoms with van der Waals surface area (Å²) < 4.78 is 4.67. The average molecular weight is 284 g/mol. The van der Waals surface area contributed by atoms with Gasteiger partial charge >= 0.3 is 5.97 Å². The molecule has 21 heavy (non-hydrogen) atoms. The molecule has 0 unspecified atom stereocenters. The minimum Gasteiger partial charge on any atom is -0.465 e. The maximum atomic E-state index is 11.4. The van der Waals surface area contributed by atoms with E-state index in [9.17, 15) is 4.79 Å². The van der Waals surface area contributed by atoms with Crippen LogP contribution in [0, 0.1) is 6.92 Å². The highest BCUT2D eigenvalue weighted by Crippen LogP contribution is 2.20. The van der Waals surface area contributed by atoms with Gasteiger partial charge in [-0.25, -0.2) is 4.79 Å². The van der Waals surface area contributed by atoms with Gasteiger partial charge in [0.05, 0.1) is 24.0 Å². The van der Waals surface area contributed by atoms with Gasteiger partial charge in [-0.05, 0) is 42.7 Å². The fourth-order valence-electron chi connectivity index (χ4n) is 2.19. The van der Waals surface area contributed by atoms with Crippen molar-refractivity contribution < 1.29 is 9.53 Å². The largest absolute Gasteiger partial charge is 0.465 e. The van der Waals surface area contributed by atoms with Crippen LogP contribution in [0.2, 0.25) is 0 Å². The van der Waals surface area contributed by atoms with Crippen molar-refractivity contribution in [3.05, 3.63) is 59.2 Å². The van der Waals surface area contributed by atoms with Gasteiger partial charge in [-0.1, -0.05) is 24.3 Å². The van der Waals surface area contributed by atoms with Crippen molar-refractivity contribution in [3.8, 4) is 0 Å². The molecule has 2 aromatic rings. The van der Waals surface area contributed by atoms with Crippen molar-refractivity contribution in [2.24, 2.45) is 0 Å². The third kappa shape index (κ3) is 3.75. The number of rotatable bonds is 5. The fourth-order valence-corrected chi connectivity index (χ4v) is 2.19. The Morgan fingerprint density at radius 1 is 1.24 bits per heavy atom. The lowest BCUT2D eigenvalue weighted by molar-refractivity contribution is 0.0601. The Morgan fingerprint density at radius 3 is 2.67 bits per heavy atom. The standard InChI is InChI=1S/C17H20N2O2/c1-12-5-3-4-6-13(12)9-10-19-16-8-7-14(11-15(16)18)17(20)21-2/h3-8,11,19H,9-10,18H2,1-2H3. The molecule has 3 N–H and O–H groups in total. The Balaban J connectivity index is 1.98. The third-order valence-corrected chi connectivity index (χ3v) is 3.44. The van der Waals surface area contributed by atoms with E-state index in [0.29, 0.717) is 11.3 Å². The SMILES string of the molecule is COC(=O)c1ccc(NCCc2ccccc2C)c(N)c1. The van der Waals surface area contributed by atoms with Gasteiger partial charge in [0.25, 0.3) is 0 Å². The molecule has 4 heteroatoms. The van der Waals surface area contributed by atoms with E-state index in [1.165, 1.54) is 18.2 Å². The highest BCUT2D eigenvalue weighted by atomic mass is 16.5. The van der Waals surface area contributed by atoms with E-state index < -0.39 is 0 Å². The number of nitrogens with one attached hydrogen (secondary N) is 1. The number of carbonyl (C=O) groups excluding carboxylic acids is 1. The number of aryl methyl sites for hydroxylation is 1. The lowest BCUT2D eigenvalue weighted by atomic mass is 10.1. The first kappa shape index (κ1) is 14.9. The van der Waals surface area contributed by atoms with Crippen molar-refractivity contribution in [2.75, 3.05) is 24.7 Å². The highest BCUT2D eigenvalue weighted by molar-refractivity contribution is 5.91. The van der Waals surface area contributed by atoms with Crippen LogP contribution in [0.5, 0.6) is 0 Å². The van der Waals surface area contributed by atoms with Gasteiger partial charge in [0.2, 0.25) is 0 Å². The summed E-state index contributed by atoms with van der Waals surface area (Å²) >= 11 is 0. The van der Waals surface area contributed by atoms with E-state index in [0.717, 1.165) is 18.7 Å². The molecule has 0 radical (unpaired) electrons. The number of hydrogen-bond acceptors (Lipinski definition) is 4. The molecule has 0 atom stereocenters. The molecule has 0 fully saturated rings. The number of nitrogen functional groups attached to an aromatic ring is 1. The molecule has 110 valence electrons. The summed E-state index contributed by atoms with van der Waals surface area (Å²) in [7, 11) is 1.35. The number of anilines is 2. The Bertz CT molecular complexity index is 638. The summed E-state index contributed by atoms with van der Waals surface area (Å²) in [6, 6.07) is 13.5. The molecule has 0 aliphatic rings. The van der Waals surface area contributed by atoms with Crippen molar-refractivity contribution >= 4 is 17.3 Å². The van der Waals surface area contributed by atoms with Crippen LogP contribution in [-0.4, -0.2) is 19.6 Å². The molecular weight excluding hydrogens is 264 g/mol.